The molecule has 6 nitrogen and oxygen atoms in total. The number of hydrogen-bond donors (Lipinski definition) is 2. The zero-order valence-corrected chi connectivity index (χ0v) is 13.0. The van der Waals surface area contributed by atoms with Gasteiger partial charge in [0.15, 0.2) is 5.72 Å². The predicted octanol–water partition coefficient (Wildman–Crippen LogP) is 3.15. The van der Waals surface area contributed by atoms with Crippen LogP contribution in [0, 0.1) is 0 Å². The number of carboxylic acid groups (broad SMARTS) is 1. The van der Waals surface area contributed by atoms with Gasteiger partial charge in [0.05, 0.1) is 11.6 Å². The molecule has 0 saturated carbocycles. The summed E-state index contributed by atoms with van der Waals surface area (Å²) < 4.78 is 6.13. The number of rotatable bonds is 2. The number of carbonyl (C=O) groups is 2. The topological polar surface area (TPSA) is 78.9 Å². The van der Waals surface area contributed by atoms with Gasteiger partial charge in [-0.1, -0.05) is 18.2 Å². The van der Waals surface area contributed by atoms with Crippen molar-refractivity contribution in [2.75, 3.05) is 4.90 Å². The molecule has 0 radical (unpaired) electrons. The lowest BCUT2D eigenvalue weighted by atomic mass is 9.89. The molecule has 6 heteroatoms. The van der Waals surface area contributed by atoms with Gasteiger partial charge < -0.3 is 15.2 Å². The summed E-state index contributed by atoms with van der Waals surface area (Å²) in [7, 11) is 0. The minimum absolute atomic E-state index is 0.181. The third kappa shape index (κ3) is 2.11. The maximum absolute atomic E-state index is 12.7. The summed E-state index contributed by atoms with van der Waals surface area (Å²) in [4.78, 5) is 25.5. The van der Waals surface area contributed by atoms with Crippen molar-refractivity contribution in [2.45, 2.75) is 25.1 Å². The van der Waals surface area contributed by atoms with Crippen LogP contribution in [0.2, 0.25) is 0 Å². The van der Waals surface area contributed by atoms with Crippen LogP contribution in [-0.2, 0) is 0 Å². The number of nitrogens with zero attached hydrogens (tertiary/aromatic N) is 1. The number of anilines is 1. The average Bonchev–Trinajstić information content (AvgIpc) is 2.54. The molecule has 4 rings (SSSR count). The van der Waals surface area contributed by atoms with Crippen molar-refractivity contribution in [1.29, 1.82) is 0 Å². The Labute approximate surface area is 138 Å². The number of ether oxygens (including phenoxy) is 1. The summed E-state index contributed by atoms with van der Waals surface area (Å²) in [6, 6.07) is 13.6. The summed E-state index contributed by atoms with van der Waals surface area (Å²) in [6.07, 6.45) is 0.531. The maximum atomic E-state index is 12.7. The normalized spacial score (nSPS) is 24.6. The van der Waals surface area contributed by atoms with Crippen LogP contribution < -0.4 is 15.0 Å². The lowest BCUT2D eigenvalue weighted by Crippen LogP contribution is -2.65. The van der Waals surface area contributed by atoms with Gasteiger partial charge in [-0.25, -0.2) is 9.59 Å². The number of fused-ring (bicyclic) bond motifs is 4. The molecule has 2 aromatic rings. The van der Waals surface area contributed by atoms with Crippen molar-refractivity contribution in [2.24, 2.45) is 0 Å². The van der Waals surface area contributed by atoms with Gasteiger partial charge in [-0.15, -0.1) is 0 Å². The van der Waals surface area contributed by atoms with Crippen LogP contribution in [0.4, 0.5) is 10.5 Å². The summed E-state index contributed by atoms with van der Waals surface area (Å²) in [5.74, 6) is -0.404. The lowest BCUT2D eigenvalue weighted by Gasteiger charge is -2.50. The molecule has 2 atom stereocenters. The van der Waals surface area contributed by atoms with E-state index in [9.17, 15) is 9.59 Å². The lowest BCUT2D eigenvalue weighted by molar-refractivity contribution is 0.0378. The Morgan fingerprint density at radius 3 is 2.75 bits per heavy atom. The van der Waals surface area contributed by atoms with Crippen molar-refractivity contribution >= 4 is 17.7 Å². The van der Waals surface area contributed by atoms with Crippen LogP contribution in [-0.4, -0.2) is 22.8 Å². The zero-order valence-electron chi connectivity index (χ0n) is 13.0. The third-order valence-electron chi connectivity index (χ3n) is 4.53. The Kier molecular flexibility index (Phi) is 3.03. The highest BCUT2D eigenvalue weighted by Crippen LogP contribution is 2.45. The predicted molar refractivity (Wildman–Crippen MR) is 87.2 cm³/mol. The zero-order chi connectivity index (χ0) is 16.9. The number of amides is 2. The molecule has 2 aliphatic heterocycles. The van der Waals surface area contributed by atoms with Crippen molar-refractivity contribution in [3.63, 3.8) is 0 Å². The number of benzene rings is 2. The third-order valence-corrected chi connectivity index (χ3v) is 4.53. The first-order valence-electron chi connectivity index (χ1n) is 7.70. The maximum Gasteiger partial charge on any atom is 0.335 e. The highest BCUT2D eigenvalue weighted by molar-refractivity contribution is 5.95. The quantitative estimate of drug-likeness (QED) is 0.889. The molecule has 1 fully saturated rings. The van der Waals surface area contributed by atoms with Crippen LogP contribution >= 0.6 is 0 Å². The Morgan fingerprint density at radius 1 is 1.29 bits per heavy atom. The van der Waals surface area contributed by atoms with Gasteiger partial charge in [0, 0.05) is 17.7 Å². The highest BCUT2D eigenvalue weighted by atomic mass is 16.5. The number of aromatic carboxylic acids is 1. The van der Waals surface area contributed by atoms with Crippen LogP contribution in [0.1, 0.15) is 35.3 Å². The summed E-state index contributed by atoms with van der Waals surface area (Å²) in [5, 5.41) is 12.1. The smallest absolute Gasteiger partial charge is 0.335 e. The fourth-order valence-corrected chi connectivity index (χ4v) is 3.48. The summed E-state index contributed by atoms with van der Waals surface area (Å²) in [6.45, 7) is 1.87. The van der Waals surface area contributed by atoms with E-state index in [2.05, 4.69) is 5.32 Å². The van der Waals surface area contributed by atoms with E-state index in [-0.39, 0.29) is 17.6 Å². The van der Waals surface area contributed by atoms with Crippen molar-refractivity contribution < 1.29 is 19.4 Å². The Morgan fingerprint density at radius 2 is 2.04 bits per heavy atom. The van der Waals surface area contributed by atoms with Gasteiger partial charge in [0.1, 0.15) is 5.75 Å². The SMILES string of the molecule is C[C@]12C[C@@H](NC(=O)N1c1ccccc1)c1cc(C(=O)O)ccc1O2. The minimum Gasteiger partial charge on any atom is -0.478 e. The second-order valence-electron chi connectivity index (χ2n) is 6.21. The molecule has 24 heavy (non-hydrogen) atoms. The first-order chi connectivity index (χ1) is 11.5. The number of nitrogens with one attached hydrogen (secondary N) is 1. The average molecular weight is 324 g/mol. The van der Waals surface area contributed by atoms with Crippen molar-refractivity contribution in [1.82, 2.24) is 5.32 Å². The second kappa shape index (κ2) is 4.99. The number of para-hydroxylation sites is 1. The number of carbonyl (C=O) groups excluding carboxylic acids is 1. The number of hydrogen-bond acceptors (Lipinski definition) is 3. The van der Waals surface area contributed by atoms with E-state index < -0.39 is 11.7 Å². The van der Waals surface area contributed by atoms with Crippen molar-refractivity contribution in [3.8, 4) is 5.75 Å². The van der Waals surface area contributed by atoms with E-state index in [1.54, 1.807) is 17.0 Å². The fourth-order valence-electron chi connectivity index (χ4n) is 3.48. The monoisotopic (exact) mass is 324 g/mol. The first kappa shape index (κ1) is 14.6. The molecule has 2 bridgehead atoms. The van der Waals surface area contributed by atoms with E-state index in [4.69, 9.17) is 9.84 Å². The number of carboxylic acids is 1. The molecule has 2 heterocycles. The Balaban J connectivity index is 1.79. The van der Waals surface area contributed by atoms with Crippen LogP contribution in [0.15, 0.2) is 48.5 Å². The Hall–Kier alpha value is -3.02. The van der Waals surface area contributed by atoms with E-state index in [1.165, 1.54) is 6.07 Å². The van der Waals surface area contributed by atoms with E-state index >= 15 is 0 Å². The van der Waals surface area contributed by atoms with Gasteiger partial charge in [-0.2, -0.15) is 0 Å². The minimum atomic E-state index is -1.00. The van der Waals surface area contributed by atoms with Crippen LogP contribution in [0.25, 0.3) is 0 Å². The molecule has 2 N–H and O–H groups in total. The second-order valence-corrected chi connectivity index (χ2v) is 6.21. The van der Waals surface area contributed by atoms with Gasteiger partial charge in [0.25, 0.3) is 0 Å². The van der Waals surface area contributed by atoms with Crippen LogP contribution in [0.5, 0.6) is 5.75 Å². The largest absolute Gasteiger partial charge is 0.478 e. The van der Waals surface area contributed by atoms with Gasteiger partial charge in [-0.3, -0.25) is 4.90 Å². The molecule has 0 unspecified atom stereocenters. The summed E-state index contributed by atoms with van der Waals surface area (Å²) in [5.41, 5.74) is 0.808. The molecule has 0 aromatic heterocycles. The van der Waals surface area contributed by atoms with E-state index in [1.807, 2.05) is 37.3 Å². The highest BCUT2D eigenvalue weighted by Gasteiger charge is 2.49. The standard InChI is InChI=1S/C18H16N2O4/c1-18-10-14(13-9-11(16(21)22)7-8-15(13)24-18)19-17(23)20(18)12-5-3-2-4-6-12/h2-9,14H,10H2,1H3,(H,19,23)(H,21,22)/t14-,18+/m1/s1. The van der Waals surface area contributed by atoms with Gasteiger partial charge >= 0.3 is 12.0 Å². The van der Waals surface area contributed by atoms with E-state index in [0.717, 1.165) is 5.69 Å². The fraction of sp³-hybridized carbons (Fsp3) is 0.222. The molecule has 2 aliphatic rings. The molecule has 0 aliphatic carbocycles. The molecular weight excluding hydrogens is 308 g/mol. The first-order valence-corrected chi connectivity index (χ1v) is 7.70. The molecule has 0 spiro atoms. The molecular formula is C18H16N2O4. The van der Waals surface area contributed by atoms with Gasteiger partial charge in [0.2, 0.25) is 0 Å². The van der Waals surface area contributed by atoms with Crippen LogP contribution in [0.3, 0.4) is 0 Å². The molecule has 122 valence electrons. The Bertz CT molecular complexity index is 836. The summed E-state index contributed by atoms with van der Waals surface area (Å²) >= 11 is 0. The number of urea groups is 1. The molecule has 1 saturated heterocycles. The molecule has 2 amide bonds. The van der Waals surface area contributed by atoms with Crippen molar-refractivity contribution in [3.05, 3.63) is 59.7 Å². The molecule has 2 aromatic carbocycles. The van der Waals surface area contributed by atoms with E-state index in [0.29, 0.717) is 17.7 Å². The van der Waals surface area contributed by atoms with Gasteiger partial charge in [-0.05, 0) is 37.3 Å².